The van der Waals surface area contributed by atoms with Gasteiger partial charge in [-0.15, -0.1) is 0 Å². The highest BCUT2D eigenvalue weighted by molar-refractivity contribution is 7.45. The van der Waals surface area contributed by atoms with Crippen molar-refractivity contribution < 1.29 is 37.3 Å². The molecule has 0 aromatic heterocycles. The first-order valence-corrected chi connectivity index (χ1v) is 36.9. The average Bonchev–Trinajstić information content (AvgIpc) is 3.64. The van der Waals surface area contributed by atoms with E-state index < -0.39 is 26.6 Å². The van der Waals surface area contributed by atoms with Gasteiger partial charge in [-0.2, -0.15) is 0 Å². The number of unbranched alkanes of at least 4 members (excludes halogenated alkanes) is 36. The highest BCUT2D eigenvalue weighted by atomic mass is 31.2. The SMILES string of the molecule is CCCCC/C=C\C/C=C\C/C=C\CCCCCCCCCCCCCCC(=O)NC(COP(=O)([O-])OCC[N+](C)(C)C)C(/C=C\CCCCCCCCCCCC)OC(=O)CCCCCCCCCC/C=C\C/C=C\C/C=C\CCCCC. The fraction of sp³-hybridized carbons (Fsp3) is 0.784. The number of nitrogens with one attached hydrogen (secondary N) is 1. The first-order valence-electron chi connectivity index (χ1n) is 35.4. The normalized spacial score (nSPS) is 14.0. The molecular weight excluding hydrogens is 1060 g/mol. The van der Waals surface area contributed by atoms with E-state index in [2.05, 4.69) is 99.0 Å². The Kier molecular flexibility index (Phi) is 61.1. The number of esters is 1. The van der Waals surface area contributed by atoms with Gasteiger partial charge >= 0.3 is 5.97 Å². The summed E-state index contributed by atoms with van der Waals surface area (Å²) in [4.78, 5) is 40.2. The molecule has 488 valence electrons. The molecule has 0 aromatic rings. The molecule has 0 saturated carbocycles. The van der Waals surface area contributed by atoms with E-state index in [9.17, 15) is 19.0 Å². The van der Waals surface area contributed by atoms with Crippen LogP contribution in [-0.4, -0.2) is 69.4 Å². The van der Waals surface area contributed by atoms with Crippen LogP contribution in [0.1, 0.15) is 323 Å². The van der Waals surface area contributed by atoms with Gasteiger partial charge in [0.05, 0.1) is 33.8 Å². The van der Waals surface area contributed by atoms with Crippen molar-refractivity contribution in [1.29, 1.82) is 0 Å². The highest BCUT2D eigenvalue weighted by Crippen LogP contribution is 2.38. The number of allylic oxidation sites excluding steroid dienone is 13. The van der Waals surface area contributed by atoms with Crippen LogP contribution in [0.25, 0.3) is 0 Å². The number of rotatable bonds is 64. The largest absolute Gasteiger partial charge is 0.756 e. The standard InChI is InChI=1S/C74H135N2O7P/c1-7-10-13-16-19-22-25-28-30-32-34-36-37-38-39-41-42-44-46-48-51-54-57-60-63-66-73(77)75-71(70-82-84(79,80)81-69-68-76(4,5)6)72(65-62-59-56-53-50-27-24-21-18-15-12-9-3)83-74(78)67-64-61-58-55-52-49-47-45-43-40-35-33-31-29-26-23-20-17-14-11-8-2/h19-20,22-23,28-31,34-36,40,62,65,71-72H,7-18,21,24-27,32-33,37-39,41-61,63-64,66-70H2,1-6H3,(H-,75,77,79,80)/b22-19-,23-20-,30-28-,31-29-,36-34-,40-35-,65-62-. The first kappa shape index (κ1) is 81.2. The van der Waals surface area contributed by atoms with Crippen molar-refractivity contribution in [3.8, 4) is 0 Å². The van der Waals surface area contributed by atoms with Crippen molar-refractivity contribution in [3.63, 3.8) is 0 Å². The van der Waals surface area contributed by atoms with Gasteiger partial charge in [-0.1, -0.05) is 286 Å². The lowest BCUT2D eigenvalue weighted by Crippen LogP contribution is -2.47. The molecule has 0 heterocycles. The van der Waals surface area contributed by atoms with E-state index in [1.54, 1.807) is 0 Å². The fourth-order valence-corrected chi connectivity index (χ4v) is 10.8. The van der Waals surface area contributed by atoms with Crippen molar-refractivity contribution in [2.24, 2.45) is 0 Å². The molecule has 0 aliphatic heterocycles. The van der Waals surface area contributed by atoms with E-state index in [0.717, 1.165) is 96.3 Å². The van der Waals surface area contributed by atoms with Crippen LogP contribution in [0.5, 0.6) is 0 Å². The molecule has 0 saturated heterocycles. The van der Waals surface area contributed by atoms with Gasteiger partial charge in [0, 0.05) is 12.8 Å². The summed E-state index contributed by atoms with van der Waals surface area (Å²) in [5.74, 6) is -0.545. The smallest absolute Gasteiger partial charge is 0.306 e. The number of likely N-dealkylation sites (N-methyl/N-ethyl adjacent to an activating group) is 1. The van der Waals surface area contributed by atoms with Crippen molar-refractivity contribution in [3.05, 3.63) is 85.1 Å². The van der Waals surface area contributed by atoms with Gasteiger partial charge in [0.1, 0.15) is 19.3 Å². The van der Waals surface area contributed by atoms with E-state index in [-0.39, 0.29) is 24.9 Å². The Morgan fingerprint density at radius 1 is 0.417 bits per heavy atom. The Hall–Kier alpha value is -2.81. The maximum absolute atomic E-state index is 13.6. The van der Waals surface area contributed by atoms with E-state index in [1.165, 1.54) is 193 Å². The number of nitrogens with zero attached hydrogens (tertiary/aromatic N) is 1. The second-order valence-corrected chi connectivity index (χ2v) is 26.4. The molecule has 1 N–H and O–H groups in total. The van der Waals surface area contributed by atoms with Gasteiger partial charge in [0.2, 0.25) is 5.91 Å². The maximum Gasteiger partial charge on any atom is 0.306 e. The predicted octanol–water partition coefficient (Wildman–Crippen LogP) is 21.9. The van der Waals surface area contributed by atoms with Crippen LogP contribution >= 0.6 is 7.82 Å². The molecule has 9 nitrogen and oxygen atoms in total. The molecule has 0 aromatic carbocycles. The number of hydrogen-bond donors (Lipinski definition) is 1. The van der Waals surface area contributed by atoms with Gasteiger partial charge < -0.3 is 28.5 Å². The topological polar surface area (TPSA) is 114 Å². The number of amides is 1. The molecule has 0 aliphatic rings. The third-order valence-corrected chi connectivity index (χ3v) is 16.5. The van der Waals surface area contributed by atoms with E-state index >= 15 is 0 Å². The fourth-order valence-electron chi connectivity index (χ4n) is 10.1. The molecule has 0 aliphatic carbocycles. The van der Waals surface area contributed by atoms with Gasteiger partial charge in [-0.3, -0.25) is 14.2 Å². The van der Waals surface area contributed by atoms with E-state index in [4.69, 9.17) is 13.8 Å². The number of quaternary nitrogens is 1. The number of phosphoric ester groups is 1. The zero-order chi connectivity index (χ0) is 61.4. The zero-order valence-electron chi connectivity index (χ0n) is 55.8. The maximum atomic E-state index is 13.6. The molecule has 0 fully saturated rings. The summed E-state index contributed by atoms with van der Waals surface area (Å²) < 4.78 is 30.4. The van der Waals surface area contributed by atoms with E-state index in [0.29, 0.717) is 17.4 Å². The van der Waals surface area contributed by atoms with Crippen LogP contribution in [0.3, 0.4) is 0 Å². The number of carbonyl (C=O) groups is 2. The number of ether oxygens (including phenoxy) is 1. The molecule has 0 rings (SSSR count). The third-order valence-electron chi connectivity index (χ3n) is 15.5. The van der Waals surface area contributed by atoms with Crippen LogP contribution in [-0.2, 0) is 27.9 Å². The van der Waals surface area contributed by atoms with Crippen LogP contribution in [0.4, 0.5) is 0 Å². The second kappa shape index (κ2) is 63.2. The predicted molar refractivity (Wildman–Crippen MR) is 362 cm³/mol. The minimum Gasteiger partial charge on any atom is -0.756 e. The van der Waals surface area contributed by atoms with Crippen LogP contribution < -0.4 is 10.2 Å². The summed E-state index contributed by atoms with van der Waals surface area (Å²) in [6.07, 6.45) is 84.1. The Labute approximate surface area is 520 Å². The Morgan fingerprint density at radius 2 is 0.726 bits per heavy atom. The van der Waals surface area contributed by atoms with Crippen LogP contribution in [0.2, 0.25) is 0 Å². The van der Waals surface area contributed by atoms with Crippen molar-refractivity contribution in [2.45, 2.75) is 335 Å². The number of hydrogen-bond acceptors (Lipinski definition) is 7. The van der Waals surface area contributed by atoms with Crippen LogP contribution in [0, 0.1) is 0 Å². The molecule has 3 atom stereocenters. The zero-order valence-corrected chi connectivity index (χ0v) is 56.7. The summed E-state index contributed by atoms with van der Waals surface area (Å²) in [5, 5.41) is 3.04. The van der Waals surface area contributed by atoms with Gasteiger partial charge in [0.25, 0.3) is 7.82 Å². The lowest BCUT2D eigenvalue weighted by molar-refractivity contribution is -0.870. The molecule has 1 amide bonds. The van der Waals surface area contributed by atoms with Crippen molar-refractivity contribution in [1.82, 2.24) is 5.32 Å². The first-order chi connectivity index (χ1) is 40.9. The van der Waals surface area contributed by atoms with Gasteiger partial charge in [0.15, 0.2) is 0 Å². The minimum atomic E-state index is -4.71. The second-order valence-electron chi connectivity index (χ2n) is 25.0. The average molecular weight is 1200 g/mol. The Bertz CT molecular complexity index is 1710. The summed E-state index contributed by atoms with van der Waals surface area (Å²) in [6.45, 7) is 6.81. The molecule has 84 heavy (non-hydrogen) atoms. The summed E-state index contributed by atoms with van der Waals surface area (Å²) in [5.41, 5.74) is 0. The summed E-state index contributed by atoms with van der Waals surface area (Å²) in [6, 6.07) is -0.897. The Morgan fingerprint density at radius 3 is 1.11 bits per heavy atom. The molecule has 0 spiro atoms. The van der Waals surface area contributed by atoms with Crippen molar-refractivity contribution >= 4 is 19.7 Å². The highest BCUT2D eigenvalue weighted by Gasteiger charge is 2.27. The minimum absolute atomic E-state index is 0.0263. The monoisotopic (exact) mass is 1200 g/mol. The third kappa shape index (κ3) is 63.7. The lowest BCUT2D eigenvalue weighted by atomic mass is 10.0. The molecule has 10 heteroatoms. The number of phosphoric acid groups is 1. The molecule has 0 radical (unpaired) electrons. The van der Waals surface area contributed by atoms with E-state index in [1.807, 2.05) is 33.3 Å². The van der Waals surface area contributed by atoms with Crippen molar-refractivity contribution in [2.75, 3.05) is 40.9 Å². The van der Waals surface area contributed by atoms with Gasteiger partial charge in [-0.05, 0) is 109 Å². The van der Waals surface area contributed by atoms with Gasteiger partial charge in [-0.25, -0.2) is 0 Å². The lowest BCUT2D eigenvalue weighted by Gasteiger charge is -2.30. The molecular formula is C74H135N2O7P. The summed E-state index contributed by atoms with van der Waals surface area (Å²) >= 11 is 0. The quantitative estimate of drug-likeness (QED) is 0.0212. The molecule has 3 unspecified atom stereocenters. The summed E-state index contributed by atoms with van der Waals surface area (Å²) in [7, 11) is 1.18. The van der Waals surface area contributed by atoms with Crippen LogP contribution in [0.15, 0.2) is 85.1 Å². The molecule has 0 bridgehead atoms. The number of carbonyl (C=O) groups excluding carboxylic acids is 2. The Balaban J connectivity index is 5.09.